The molecular weight excluding hydrogens is 230 g/mol. The molecule has 0 aliphatic carbocycles. The average Bonchev–Trinajstić information content (AvgIpc) is 2.34. The molecule has 0 fully saturated rings. The molecule has 0 spiro atoms. The van der Waals surface area contributed by atoms with Gasteiger partial charge in [-0.3, -0.25) is 0 Å². The molecule has 0 saturated heterocycles. The monoisotopic (exact) mass is 245 g/mol. The van der Waals surface area contributed by atoms with Crippen molar-refractivity contribution in [2.24, 2.45) is 0 Å². The van der Waals surface area contributed by atoms with Crippen molar-refractivity contribution in [1.82, 2.24) is 0 Å². The minimum Gasteiger partial charge on any atom is -0.478 e. The molecule has 5 nitrogen and oxygen atoms in total. The first-order valence-corrected chi connectivity index (χ1v) is 5.19. The fraction of sp³-hybridized carbons (Fsp3) is 0. The molecule has 0 radical (unpaired) electrons. The Balaban J connectivity index is 0.000000184. The number of rotatable bonds is 1. The Kier molecular flexibility index (Phi) is 4.57. The molecule has 0 heterocycles. The second-order valence-electron chi connectivity index (χ2n) is 3.56. The highest BCUT2D eigenvalue weighted by molar-refractivity contribution is 5.88. The highest BCUT2D eigenvalue weighted by atomic mass is 16.4. The maximum atomic E-state index is 10.3. The third-order valence-electron chi connectivity index (χ3n) is 2.13. The molecule has 94 valence electrons. The smallest absolute Gasteiger partial charge is 0.335 e. The molecule has 2 aromatic rings. The molecule has 0 aliphatic rings. The van der Waals surface area contributed by atoms with Crippen LogP contribution in [0.2, 0.25) is 0 Å². The summed E-state index contributed by atoms with van der Waals surface area (Å²) in [4.78, 5) is 10.3. The zero-order chi connectivity index (χ0) is 13.5. The van der Waals surface area contributed by atoms with Gasteiger partial charge in [-0.15, -0.1) is 0 Å². The average molecular weight is 245 g/mol. The Morgan fingerprint density at radius 3 is 1.78 bits per heavy atom. The van der Waals surface area contributed by atoms with Crippen LogP contribution < -0.4 is 17.2 Å². The first-order valence-electron chi connectivity index (χ1n) is 5.19. The standard InChI is InChI=1S/C7H7NO2.C6H8N2/c8-6-3-1-2-5(4-6)7(9)10;7-5-3-1-2-4-6(5)8/h1-4H,8H2,(H,9,10);1-4H,7-8H2. The SMILES string of the molecule is Nc1cccc(C(=O)O)c1.Nc1ccccc1N. The van der Waals surface area contributed by atoms with E-state index in [0.717, 1.165) is 0 Å². The predicted molar refractivity (Wildman–Crippen MR) is 73.1 cm³/mol. The van der Waals surface area contributed by atoms with E-state index in [1.54, 1.807) is 24.3 Å². The summed E-state index contributed by atoms with van der Waals surface area (Å²) in [5.41, 5.74) is 18.1. The van der Waals surface area contributed by atoms with Crippen LogP contribution in [-0.2, 0) is 0 Å². The molecule has 5 heteroatoms. The normalized spacial score (nSPS) is 9.11. The van der Waals surface area contributed by atoms with Crippen molar-refractivity contribution < 1.29 is 9.90 Å². The Hall–Kier alpha value is -2.69. The Labute approximate surface area is 105 Å². The second-order valence-corrected chi connectivity index (χ2v) is 3.56. The van der Waals surface area contributed by atoms with Gasteiger partial charge in [0.1, 0.15) is 0 Å². The lowest BCUT2D eigenvalue weighted by molar-refractivity contribution is 0.0697. The molecular formula is C13H15N3O2. The van der Waals surface area contributed by atoms with E-state index in [9.17, 15) is 4.79 Å². The van der Waals surface area contributed by atoms with Gasteiger partial charge < -0.3 is 22.3 Å². The van der Waals surface area contributed by atoms with Crippen molar-refractivity contribution in [3.63, 3.8) is 0 Å². The summed E-state index contributed by atoms with van der Waals surface area (Å²) in [6.45, 7) is 0. The fourth-order valence-corrected chi connectivity index (χ4v) is 1.18. The number of nitrogens with two attached hydrogens (primary N) is 3. The Morgan fingerprint density at radius 2 is 1.44 bits per heavy atom. The zero-order valence-electron chi connectivity index (χ0n) is 9.71. The molecule has 0 bridgehead atoms. The zero-order valence-corrected chi connectivity index (χ0v) is 9.71. The minimum atomic E-state index is -0.952. The molecule has 2 aromatic carbocycles. The molecule has 18 heavy (non-hydrogen) atoms. The Bertz CT molecular complexity index is 520. The van der Waals surface area contributed by atoms with Gasteiger partial charge in [-0.1, -0.05) is 18.2 Å². The van der Waals surface area contributed by atoms with Crippen molar-refractivity contribution in [2.45, 2.75) is 0 Å². The number of benzene rings is 2. The van der Waals surface area contributed by atoms with Crippen LogP contribution in [0.4, 0.5) is 17.1 Å². The van der Waals surface area contributed by atoms with E-state index < -0.39 is 5.97 Å². The lowest BCUT2D eigenvalue weighted by Crippen LogP contribution is -1.96. The topological polar surface area (TPSA) is 115 Å². The van der Waals surface area contributed by atoms with Crippen molar-refractivity contribution >= 4 is 23.0 Å². The number of anilines is 3. The molecule has 0 aromatic heterocycles. The van der Waals surface area contributed by atoms with Gasteiger partial charge in [0.05, 0.1) is 16.9 Å². The van der Waals surface area contributed by atoms with E-state index in [-0.39, 0.29) is 5.56 Å². The summed E-state index contributed by atoms with van der Waals surface area (Å²) in [6, 6.07) is 13.4. The van der Waals surface area contributed by atoms with E-state index in [1.807, 2.05) is 12.1 Å². The number of hydrogen-bond donors (Lipinski definition) is 4. The van der Waals surface area contributed by atoms with E-state index in [0.29, 0.717) is 17.1 Å². The van der Waals surface area contributed by atoms with Gasteiger partial charge in [-0.2, -0.15) is 0 Å². The number of para-hydroxylation sites is 2. The van der Waals surface area contributed by atoms with E-state index >= 15 is 0 Å². The minimum absolute atomic E-state index is 0.222. The maximum absolute atomic E-state index is 10.3. The quantitative estimate of drug-likeness (QED) is 0.572. The van der Waals surface area contributed by atoms with E-state index in [1.165, 1.54) is 12.1 Å². The van der Waals surface area contributed by atoms with Gasteiger partial charge in [0.15, 0.2) is 0 Å². The number of hydrogen-bond acceptors (Lipinski definition) is 4. The molecule has 0 atom stereocenters. The molecule has 2 rings (SSSR count). The number of nitrogen functional groups attached to an aromatic ring is 3. The number of aromatic carboxylic acids is 1. The summed E-state index contributed by atoms with van der Waals surface area (Å²) in [5.74, 6) is -0.952. The van der Waals surface area contributed by atoms with Gasteiger partial charge in [-0.25, -0.2) is 4.79 Å². The van der Waals surface area contributed by atoms with Crippen LogP contribution in [0.5, 0.6) is 0 Å². The van der Waals surface area contributed by atoms with Crippen molar-refractivity contribution in [2.75, 3.05) is 17.2 Å². The molecule has 0 unspecified atom stereocenters. The van der Waals surface area contributed by atoms with Gasteiger partial charge in [0.25, 0.3) is 0 Å². The van der Waals surface area contributed by atoms with Crippen LogP contribution in [-0.4, -0.2) is 11.1 Å². The highest BCUT2D eigenvalue weighted by Crippen LogP contribution is 2.10. The summed E-state index contributed by atoms with van der Waals surface area (Å²) >= 11 is 0. The first-order chi connectivity index (χ1) is 8.50. The van der Waals surface area contributed by atoms with Crippen LogP contribution in [0.1, 0.15) is 10.4 Å². The first kappa shape index (κ1) is 13.4. The molecule has 0 amide bonds. The van der Waals surface area contributed by atoms with E-state index in [2.05, 4.69) is 0 Å². The van der Waals surface area contributed by atoms with Crippen LogP contribution in [0.3, 0.4) is 0 Å². The van der Waals surface area contributed by atoms with Crippen LogP contribution in [0, 0.1) is 0 Å². The van der Waals surface area contributed by atoms with Gasteiger partial charge in [-0.05, 0) is 30.3 Å². The summed E-state index contributed by atoms with van der Waals surface area (Å²) in [5, 5.41) is 8.45. The maximum Gasteiger partial charge on any atom is 0.335 e. The van der Waals surface area contributed by atoms with Crippen molar-refractivity contribution in [3.05, 3.63) is 54.1 Å². The highest BCUT2D eigenvalue weighted by Gasteiger charge is 1.99. The predicted octanol–water partition coefficient (Wildman–Crippen LogP) is 1.82. The Morgan fingerprint density at radius 1 is 0.889 bits per heavy atom. The third kappa shape index (κ3) is 4.05. The fourth-order valence-electron chi connectivity index (χ4n) is 1.18. The van der Waals surface area contributed by atoms with Gasteiger partial charge in [0, 0.05) is 5.69 Å². The number of carboxylic acids is 1. The molecule has 0 aliphatic heterocycles. The second kappa shape index (κ2) is 6.15. The van der Waals surface area contributed by atoms with Crippen molar-refractivity contribution in [3.8, 4) is 0 Å². The lowest BCUT2D eigenvalue weighted by Gasteiger charge is -1.94. The van der Waals surface area contributed by atoms with Crippen LogP contribution >= 0.6 is 0 Å². The van der Waals surface area contributed by atoms with E-state index in [4.69, 9.17) is 22.3 Å². The summed E-state index contributed by atoms with van der Waals surface area (Å²) in [7, 11) is 0. The van der Waals surface area contributed by atoms with Crippen LogP contribution in [0.15, 0.2) is 48.5 Å². The molecule has 7 N–H and O–H groups in total. The number of carbonyl (C=O) groups is 1. The summed E-state index contributed by atoms with van der Waals surface area (Å²) in [6.07, 6.45) is 0. The van der Waals surface area contributed by atoms with Gasteiger partial charge >= 0.3 is 5.97 Å². The summed E-state index contributed by atoms with van der Waals surface area (Å²) < 4.78 is 0. The van der Waals surface area contributed by atoms with Gasteiger partial charge in [0.2, 0.25) is 0 Å². The van der Waals surface area contributed by atoms with Crippen molar-refractivity contribution in [1.29, 1.82) is 0 Å². The third-order valence-corrected chi connectivity index (χ3v) is 2.13. The lowest BCUT2D eigenvalue weighted by atomic mass is 10.2. The largest absolute Gasteiger partial charge is 0.478 e. The molecule has 0 saturated carbocycles. The van der Waals surface area contributed by atoms with Crippen LogP contribution in [0.25, 0.3) is 0 Å². The number of carboxylic acid groups (broad SMARTS) is 1.